The summed E-state index contributed by atoms with van der Waals surface area (Å²) in [5.74, 6) is 0.425. The summed E-state index contributed by atoms with van der Waals surface area (Å²) in [7, 11) is -3.28. The smallest absolute Gasteiger partial charge is 0.227 e. The van der Waals surface area contributed by atoms with Crippen LogP contribution < -0.4 is 0 Å². The van der Waals surface area contributed by atoms with Gasteiger partial charge in [0.25, 0.3) is 0 Å². The Hall–Kier alpha value is -0.970. The highest BCUT2D eigenvalue weighted by atomic mass is 32.2. The summed E-state index contributed by atoms with van der Waals surface area (Å²) >= 11 is 0. The first kappa shape index (κ1) is 10.5. The van der Waals surface area contributed by atoms with Gasteiger partial charge in [-0.3, -0.25) is 0 Å². The van der Waals surface area contributed by atoms with Gasteiger partial charge in [0.1, 0.15) is 0 Å². The van der Waals surface area contributed by atoms with Crippen LogP contribution in [0.4, 0.5) is 0 Å². The molecule has 0 saturated heterocycles. The van der Waals surface area contributed by atoms with Crippen LogP contribution in [0.25, 0.3) is 0 Å². The van der Waals surface area contributed by atoms with Gasteiger partial charge in [-0.15, -0.1) is 0 Å². The molecule has 5 heteroatoms. The molecule has 2 rings (SSSR count). The van der Waals surface area contributed by atoms with Crippen LogP contribution in [0, 0.1) is 0 Å². The third kappa shape index (κ3) is 2.34. The summed E-state index contributed by atoms with van der Waals surface area (Å²) in [5.41, 5.74) is 0.878. The zero-order valence-electron chi connectivity index (χ0n) is 8.68. The third-order valence-corrected chi connectivity index (χ3v) is 3.62. The van der Waals surface area contributed by atoms with Crippen molar-refractivity contribution in [3.63, 3.8) is 0 Å². The van der Waals surface area contributed by atoms with E-state index in [1.165, 1.54) is 19.0 Å². The Labute approximate surface area is 89.7 Å². The number of hydrogen-bond acceptors (Lipinski definition) is 4. The van der Waals surface area contributed by atoms with Crippen molar-refractivity contribution in [3.05, 3.63) is 18.0 Å². The standard InChI is InChI=1S/C10H14N2O2S/c1-15(13,14)10-11-7-6-9(12-10)8-4-2-3-5-8/h6-8H,2-5H2,1H3. The average Bonchev–Trinajstić information content (AvgIpc) is 2.69. The first-order chi connectivity index (χ1) is 7.07. The van der Waals surface area contributed by atoms with E-state index < -0.39 is 9.84 Å². The molecule has 0 amide bonds. The highest BCUT2D eigenvalue weighted by Gasteiger charge is 2.20. The van der Waals surface area contributed by atoms with E-state index in [4.69, 9.17) is 0 Å². The van der Waals surface area contributed by atoms with Crippen molar-refractivity contribution in [2.75, 3.05) is 6.26 Å². The van der Waals surface area contributed by atoms with Crippen molar-refractivity contribution in [2.45, 2.75) is 36.8 Å². The summed E-state index contributed by atoms with van der Waals surface area (Å²) in [6.45, 7) is 0. The van der Waals surface area contributed by atoms with Crippen molar-refractivity contribution in [3.8, 4) is 0 Å². The van der Waals surface area contributed by atoms with Crippen LogP contribution in [0.15, 0.2) is 17.4 Å². The van der Waals surface area contributed by atoms with E-state index in [0.29, 0.717) is 5.92 Å². The molecule has 0 aliphatic heterocycles. The van der Waals surface area contributed by atoms with Gasteiger partial charge >= 0.3 is 0 Å². The summed E-state index contributed by atoms with van der Waals surface area (Å²) < 4.78 is 22.5. The van der Waals surface area contributed by atoms with Gasteiger partial charge in [-0.25, -0.2) is 18.4 Å². The minimum Gasteiger partial charge on any atom is -0.227 e. The lowest BCUT2D eigenvalue weighted by Crippen LogP contribution is -2.07. The topological polar surface area (TPSA) is 59.9 Å². The maximum absolute atomic E-state index is 11.3. The molecule has 0 N–H and O–H groups in total. The first-order valence-electron chi connectivity index (χ1n) is 5.10. The van der Waals surface area contributed by atoms with Crippen molar-refractivity contribution >= 4 is 9.84 Å². The van der Waals surface area contributed by atoms with Crippen LogP contribution in [0.2, 0.25) is 0 Å². The fraction of sp³-hybridized carbons (Fsp3) is 0.600. The number of hydrogen-bond donors (Lipinski definition) is 0. The molecule has 1 fully saturated rings. The molecule has 1 aromatic heterocycles. The van der Waals surface area contributed by atoms with E-state index in [2.05, 4.69) is 9.97 Å². The Morgan fingerprint density at radius 1 is 1.33 bits per heavy atom. The predicted octanol–water partition coefficient (Wildman–Crippen LogP) is 1.54. The highest BCUT2D eigenvalue weighted by Crippen LogP contribution is 2.32. The average molecular weight is 226 g/mol. The molecule has 0 aromatic carbocycles. The van der Waals surface area contributed by atoms with E-state index in [1.54, 1.807) is 0 Å². The van der Waals surface area contributed by atoms with Gasteiger partial charge in [-0.05, 0) is 18.9 Å². The van der Waals surface area contributed by atoms with Gasteiger partial charge in [-0.2, -0.15) is 0 Å². The van der Waals surface area contributed by atoms with Gasteiger partial charge in [0.2, 0.25) is 15.0 Å². The van der Waals surface area contributed by atoms with Crippen LogP contribution in [-0.2, 0) is 9.84 Å². The quantitative estimate of drug-likeness (QED) is 0.718. The molecule has 0 unspecified atom stereocenters. The Bertz CT molecular complexity index is 450. The van der Waals surface area contributed by atoms with E-state index in [0.717, 1.165) is 24.8 Å². The van der Waals surface area contributed by atoms with Gasteiger partial charge in [-0.1, -0.05) is 12.8 Å². The van der Waals surface area contributed by atoms with Crippen LogP contribution in [0.3, 0.4) is 0 Å². The molecule has 0 bridgehead atoms. The van der Waals surface area contributed by atoms with Crippen molar-refractivity contribution in [2.24, 2.45) is 0 Å². The number of nitrogens with zero attached hydrogens (tertiary/aromatic N) is 2. The molecule has 1 heterocycles. The van der Waals surface area contributed by atoms with Crippen LogP contribution >= 0.6 is 0 Å². The van der Waals surface area contributed by atoms with Gasteiger partial charge in [0.05, 0.1) is 0 Å². The molecule has 1 aromatic rings. The summed E-state index contributed by atoms with van der Waals surface area (Å²) in [4.78, 5) is 7.91. The summed E-state index contributed by atoms with van der Waals surface area (Å²) in [6.07, 6.45) is 7.32. The molecule has 82 valence electrons. The molecule has 0 atom stereocenters. The SMILES string of the molecule is CS(=O)(=O)c1nccc(C2CCCC2)n1. The van der Waals surface area contributed by atoms with Gasteiger partial charge in [0, 0.05) is 24.1 Å². The Morgan fingerprint density at radius 2 is 2.00 bits per heavy atom. The maximum Gasteiger partial charge on any atom is 0.246 e. The van der Waals surface area contributed by atoms with E-state index >= 15 is 0 Å². The molecule has 1 aliphatic carbocycles. The summed E-state index contributed by atoms with van der Waals surface area (Å²) in [5, 5.41) is -0.0492. The lowest BCUT2D eigenvalue weighted by Gasteiger charge is -2.08. The second kappa shape index (κ2) is 3.89. The van der Waals surface area contributed by atoms with Crippen LogP contribution in [0.1, 0.15) is 37.3 Å². The fourth-order valence-corrected chi connectivity index (χ4v) is 2.51. The Kier molecular flexibility index (Phi) is 2.73. The van der Waals surface area contributed by atoms with Crippen LogP contribution in [-0.4, -0.2) is 24.6 Å². The molecule has 0 spiro atoms. The van der Waals surface area contributed by atoms with Gasteiger partial charge < -0.3 is 0 Å². The first-order valence-corrected chi connectivity index (χ1v) is 6.99. The lowest BCUT2D eigenvalue weighted by molar-refractivity contribution is 0.588. The Balaban J connectivity index is 2.34. The fourth-order valence-electron chi connectivity index (χ4n) is 1.98. The maximum atomic E-state index is 11.3. The van der Waals surface area contributed by atoms with Crippen molar-refractivity contribution < 1.29 is 8.42 Å². The number of rotatable bonds is 2. The van der Waals surface area contributed by atoms with Gasteiger partial charge in [0.15, 0.2) is 0 Å². The third-order valence-electron chi connectivity index (χ3n) is 2.76. The van der Waals surface area contributed by atoms with E-state index in [9.17, 15) is 8.42 Å². The largest absolute Gasteiger partial charge is 0.246 e. The monoisotopic (exact) mass is 226 g/mol. The van der Waals surface area contributed by atoms with Crippen molar-refractivity contribution in [1.82, 2.24) is 9.97 Å². The normalized spacial score (nSPS) is 18.2. The zero-order chi connectivity index (χ0) is 10.9. The summed E-state index contributed by atoms with van der Waals surface area (Å²) in [6, 6.07) is 1.82. The molecule has 0 radical (unpaired) electrons. The molecule has 15 heavy (non-hydrogen) atoms. The van der Waals surface area contributed by atoms with E-state index in [1.807, 2.05) is 6.07 Å². The second-order valence-electron chi connectivity index (χ2n) is 4.02. The van der Waals surface area contributed by atoms with Crippen LogP contribution in [0.5, 0.6) is 0 Å². The number of sulfone groups is 1. The minimum atomic E-state index is -3.28. The highest BCUT2D eigenvalue weighted by molar-refractivity contribution is 7.90. The second-order valence-corrected chi connectivity index (χ2v) is 5.93. The molecular weight excluding hydrogens is 212 g/mol. The van der Waals surface area contributed by atoms with E-state index in [-0.39, 0.29) is 5.16 Å². The zero-order valence-corrected chi connectivity index (χ0v) is 9.50. The lowest BCUT2D eigenvalue weighted by atomic mass is 10.0. The van der Waals surface area contributed by atoms with Crippen molar-refractivity contribution in [1.29, 1.82) is 0 Å². The molecular formula is C10H14N2O2S. The Morgan fingerprint density at radius 3 is 2.60 bits per heavy atom. The molecule has 4 nitrogen and oxygen atoms in total. The number of aromatic nitrogens is 2. The molecule has 1 aliphatic rings. The minimum absolute atomic E-state index is 0.0492. The molecule has 1 saturated carbocycles. The predicted molar refractivity (Wildman–Crippen MR) is 56.4 cm³/mol.